The first-order valence-electron chi connectivity index (χ1n) is 13.3. The lowest BCUT2D eigenvalue weighted by Crippen LogP contribution is -2.54. The molecule has 1 saturated carbocycles. The van der Waals surface area contributed by atoms with E-state index in [0.717, 1.165) is 50.9 Å². The van der Waals surface area contributed by atoms with Crippen LogP contribution in [0.5, 0.6) is 0 Å². The summed E-state index contributed by atoms with van der Waals surface area (Å²) in [6, 6.07) is 16.6. The Balaban J connectivity index is 1.18. The predicted molar refractivity (Wildman–Crippen MR) is 135 cm³/mol. The topological polar surface area (TPSA) is 60.0 Å². The third-order valence-corrected chi connectivity index (χ3v) is 7.86. The molecule has 7 heteroatoms. The molecular weight excluding hydrogens is 459 g/mol. The second kappa shape index (κ2) is 11.7. The zero-order valence-corrected chi connectivity index (χ0v) is 20.9. The Bertz CT molecular complexity index is 981. The molecule has 194 valence electrons. The van der Waals surface area contributed by atoms with Gasteiger partial charge in [0.2, 0.25) is 0 Å². The van der Waals surface area contributed by atoms with Gasteiger partial charge in [-0.1, -0.05) is 42.5 Å². The predicted octanol–water partition coefficient (Wildman–Crippen LogP) is 4.92. The number of hydrogen-bond donors (Lipinski definition) is 1. The molecule has 3 atom stereocenters. The highest BCUT2D eigenvalue weighted by atomic mass is 19.1. The van der Waals surface area contributed by atoms with Crippen LogP contribution >= 0.6 is 0 Å². The first-order valence-corrected chi connectivity index (χ1v) is 13.3. The van der Waals surface area contributed by atoms with E-state index >= 15 is 0 Å². The van der Waals surface area contributed by atoms with Gasteiger partial charge < -0.3 is 24.4 Å². The molecule has 5 rings (SSSR count). The fraction of sp³-hybridized carbons (Fsp3) is 0.552. The third kappa shape index (κ3) is 6.64. The van der Waals surface area contributed by atoms with Gasteiger partial charge in [0.05, 0.1) is 13.2 Å². The summed E-state index contributed by atoms with van der Waals surface area (Å²) >= 11 is 0. The summed E-state index contributed by atoms with van der Waals surface area (Å²) in [4.78, 5) is 15.3. The lowest BCUT2D eigenvalue weighted by atomic mass is 9.80. The van der Waals surface area contributed by atoms with E-state index in [0.29, 0.717) is 31.5 Å². The van der Waals surface area contributed by atoms with E-state index < -0.39 is 11.9 Å². The van der Waals surface area contributed by atoms with Gasteiger partial charge in [0.25, 0.3) is 0 Å². The second-order valence-electron chi connectivity index (χ2n) is 10.5. The van der Waals surface area contributed by atoms with Crippen LogP contribution < -0.4 is 5.32 Å². The Morgan fingerprint density at radius 2 is 1.83 bits per heavy atom. The smallest absolute Gasteiger partial charge is 0.407 e. The van der Waals surface area contributed by atoms with E-state index in [9.17, 15) is 9.18 Å². The van der Waals surface area contributed by atoms with Crippen molar-refractivity contribution in [2.24, 2.45) is 11.8 Å². The number of carbonyl (C=O) groups excluding carboxylic acids is 1. The highest BCUT2D eigenvalue weighted by molar-refractivity contribution is 5.67. The third-order valence-electron chi connectivity index (χ3n) is 7.86. The number of nitrogens with one attached hydrogen (secondary N) is 1. The number of alkyl carbamates (subject to hydrolysis) is 1. The summed E-state index contributed by atoms with van der Waals surface area (Å²) in [5.74, 6) is 0.0938. The average Bonchev–Trinajstić information content (AvgIpc) is 3.34. The SMILES string of the molecule is O=C(N[C@@H]1CC2(CC[C@H]1CN1CCCC(Cc3ccc(F)cc3)C1)OCCO2)OCc1ccccc1. The highest BCUT2D eigenvalue weighted by Gasteiger charge is 2.46. The highest BCUT2D eigenvalue weighted by Crippen LogP contribution is 2.39. The summed E-state index contributed by atoms with van der Waals surface area (Å²) in [6.45, 7) is 4.48. The molecule has 2 saturated heterocycles. The number of nitrogens with zero attached hydrogens (tertiary/aromatic N) is 1. The van der Waals surface area contributed by atoms with E-state index in [1.54, 1.807) is 12.1 Å². The van der Waals surface area contributed by atoms with Gasteiger partial charge >= 0.3 is 6.09 Å². The van der Waals surface area contributed by atoms with Crippen molar-refractivity contribution in [1.82, 2.24) is 10.2 Å². The Hall–Kier alpha value is -2.48. The zero-order chi connectivity index (χ0) is 24.8. The number of amides is 1. The fourth-order valence-electron chi connectivity index (χ4n) is 6.04. The van der Waals surface area contributed by atoms with E-state index in [4.69, 9.17) is 14.2 Å². The van der Waals surface area contributed by atoms with Gasteiger partial charge in [0.15, 0.2) is 5.79 Å². The van der Waals surface area contributed by atoms with Gasteiger partial charge in [-0.05, 0) is 67.3 Å². The maximum atomic E-state index is 13.3. The molecule has 2 aromatic rings. The van der Waals surface area contributed by atoms with Crippen molar-refractivity contribution < 1.29 is 23.4 Å². The Morgan fingerprint density at radius 3 is 2.61 bits per heavy atom. The lowest BCUT2D eigenvalue weighted by molar-refractivity contribution is -0.189. The number of piperidine rings is 1. The molecule has 0 bridgehead atoms. The van der Waals surface area contributed by atoms with Crippen LogP contribution in [0.25, 0.3) is 0 Å². The molecule has 3 fully saturated rings. The molecule has 2 aliphatic heterocycles. The summed E-state index contributed by atoms with van der Waals surface area (Å²) in [6.07, 6.45) is 5.36. The van der Waals surface area contributed by atoms with Gasteiger partial charge in [-0.15, -0.1) is 0 Å². The van der Waals surface area contributed by atoms with Crippen molar-refractivity contribution in [3.8, 4) is 0 Å². The molecule has 3 aliphatic rings. The van der Waals surface area contributed by atoms with Crippen LogP contribution in [0.2, 0.25) is 0 Å². The number of hydrogen-bond acceptors (Lipinski definition) is 5. The molecule has 2 aromatic carbocycles. The van der Waals surface area contributed by atoms with Crippen LogP contribution in [0, 0.1) is 17.7 Å². The number of carbonyl (C=O) groups is 1. The quantitative estimate of drug-likeness (QED) is 0.590. The number of likely N-dealkylation sites (tertiary alicyclic amines) is 1. The molecule has 0 radical (unpaired) electrons. The molecule has 1 spiro atoms. The first kappa shape index (κ1) is 25.2. The molecule has 2 heterocycles. The van der Waals surface area contributed by atoms with Crippen LogP contribution in [0.15, 0.2) is 54.6 Å². The number of benzene rings is 2. The summed E-state index contributed by atoms with van der Waals surface area (Å²) in [5, 5.41) is 3.15. The van der Waals surface area contributed by atoms with E-state index in [1.807, 2.05) is 42.5 Å². The Labute approximate surface area is 213 Å². The van der Waals surface area contributed by atoms with Crippen molar-refractivity contribution in [1.29, 1.82) is 0 Å². The van der Waals surface area contributed by atoms with Crippen molar-refractivity contribution in [2.75, 3.05) is 32.8 Å². The van der Waals surface area contributed by atoms with Crippen molar-refractivity contribution in [3.63, 3.8) is 0 Å². The van der Waals surface area contributed by atoms with Crippen LogP contribution in [-0.4, -0.2) is 55.7 Å². The summed E-state index contributed by atoms with van der Waals surface area (Å²) < 4.78 is 30.8. The van der Waals surface area contributed by atoms with Gasteiger partial charge in [0, 0.05) is 32.0 Å². The van der Waals surface area contributed by atoms with Crippen LogP contribution in [-0.2, 0) is 27.2 Å². The number of halogens is 1. The van der Waals surface area contributed by atoms with E-state index in [2.05, 4.69) is 10.2 Å². The Morgan fingerprint density at radius 1 is 1.06 bits per heavy atom. The molecule has 1 aliphatic carbocycles. The number of rotatable bonds is 7. The fourth-order valence-corrected chi connectivity index (χ4v) is 6.04. The minimum Gasteiger partial charge on any atom is -0.445 e. The molecule has 1 amide bonds. The van der Waals surface area contributed by atoms with Gasteiger partial charge in [-0.2, -0.15) is 0 Å². The maximum Gasteiger partial charge on any atom is 0.407 e. The van der Waals surface area contributed by atoms with E-state index in [-0.39, 0.29) is 18.5 Å². The number of ether oxygens (including phenoxy) is 3. The van der Waals surface area contributed by atoms with Gasteiger partial charge in [-0.25, -0.2) is 9.18 Å². The minimum absolute atomic E-state index is 0.0717. The van der Waals surface area contributed by atoms with Crippen molar-refractivity contribution in [3.05, 3.63) is 71.5 Å². The summed E-state index contributed by atoms with van der Waals surface area (Å²) in [7, 11) is 0. The molecule has 6 nitrogen and oxygen atoms in total. The van der Waals surface area contributed by atoms with Crippen LogP contribution in [0.4, 0.5) is 9.18 Å². The first-order chi connectivity index (χ1) is 17.6. The lowest BCUT2D eigenvalue weighted by Gasteiger charge is -2.44. The van der Waals surface area contributed by atoms with Crippen LogP contribution in [0.3, 0.4) is 0 Å². The largest absolute Gasteiger partial charge is 0.445 e. The minimum atomic E-state index is -0.582. The molecule has 1 unspecified atom stereocenters. The van der Waals surface area contributed by atoms with Gasteiger partial charge in [-0.3, -0.25) is 0 Å². The van der Waals surface area contributed by atoms with Crippen molar-refractivity contribution >= 4 is 6.09 Å². The second-order valence-corrected chi connectivity index (χ2v) is 10.5. The van der Waals surface area contributed by atoms with Crippen LogP contribution in [0.1, 0.15) is 43.2 Å². The van der Waals surface area contributed by atoms with Crippen molar-refractivity contribution in [2.45, 2.75) is 57.0 Å². The van der Waals surface area contributed by atoms with E-state index in [1.165, 1.54) is 12.0 Å². The molecular formula is C29H37FN2O4. The molecule has 36 heavy (non-hydrogen) atoms. The molecule has 0 aromatic heterocycles. The Kier molecular flexibility index (Phi) is 8.19. The van der Waals surface area contributed by atoms with Gasteiger partial charge in [0.1, 0.15) is 12.4 Å². The normalized spacial score (nSPS) is 26.1. The molecule has 1 N–H and O–H groups in total. The standard InChI is InChI=1S/C29H37FN2O4/c30-26-10-8-22(9-11-26)17-24-7-4-14-32(19-24)20-25-12-13-29(35-15-16-36-29)18-27(25)31-28(33)34-21-23-5-2-1-3-6-23/h1-3,5-6,8-11,24-25,27H,4,7,12-21H2,(H,31,33)/t24?,25-,27+/m0/s1. The average molecular weight is 497 g/mol. The summed E-state index contributed by atoms with van der Waals surface area (Å²) in [5.41, 5.74) is 2.16. The monoisotopic (exact) mass is 496 g/mol. The zero-order valence-electron chi connectivity index (χ0n) is 20.9. The maximum absolute atomic E-state index is 13.3.